The van der Waals surface area contributed by atoms with Crippen LogP contribution in [0, 0.1) is 10.1 Å². The van der Waals surface area contributed by atoms with Crippen molar-refractivity contribution in [3.05, 3.63) is 40.1 Å². The molecule has 2 N–H and O–H groups in total. The van der Waals surface area contributed by atoms with Gasteiger partial charge in [0.1, 0.15) is 5.69 Å². The molecule has 0 fully saturated rings. The largest absolute Gasteiger partial charge is 0.481 e. The van der Waals surface area contributed by atoms with Crippen LogP contribution in [-0.2, 0) is 11.3 Å². The molecule has 0 aliphatic rings. The number of rotatable bonds is 6. The van der Waals surface area contributed by atoms with Crippen molar-refractivity contribution in [1.29, 1.82) is 0 Å². The molecule has 0 spiro atoms. The van der Waals surface area contributed by atoms with E-state index in [1.807, 2.05) is 0 Å². The fourth-order valence-corrected chi connectivity index (χ4v) is 1.84. The number of nitro benzene ring substituents is 1. The van der Waals surface area contributed by atoms with Crippen molar-refractivity contribution < 1.29 is 24.7 Å². The predicted molar refractivity (Wildman–Crippen MR) is 71.3 cm³/mol. The molecule has 10 heteroatoms. The molecular formula is C12H10N4O6. The van der Waals surface area contributed by atoms with Crippen molar-refractivity contribution in [3.8, 4) is 11.3 Å². The van der Waals surface area contributed by atoms with E-state index in [0.717, 1.165) is 4.68 Å². The zero-order valence-corrected chi connectivity index (χ0v) is 11.0. The van der Waals surface area contributed by atoms with Crippen molar-refractivity contribution >= 4 is 17.6 Å². The summed E-state index contributed by atoms with van der Waals surface area (Å²) in [7, 11) is 0. The van der Waals surface area contributed by atoms with Crippen molar-refractivity contribution in [2.75, 3.05) is 0 Å². The Bertz CT molecular complexity index is 737. The number of nitro groups is 1. The van der Waals surface area contributed by atoms with Crippen LogP contribution >= 0.6 is 0 Å². The van der Waals surface area contributed by atoms with Crippen LogP contribution in [0.15, 0.2) is 24.3 Å². The molecular weight excluding hydrogens is 296 g/mol. The van der Waals surface area contributed by atoms with E-state index in [1.165, 1.54) is 24.3 Å². The number of carbonyl (C=O) groups is 2. The highest BCUT2D eigenvalue weighted by molar-refractivity contribution is 5.92. The maximum atomic E-state index is 11.2. The second kappa shape index (κ2) is 5.99. The average Bonchev–Trinajstić information content (AvgIpc) is 2.89. The van der Waals surface area contributed by atoms with Gasteiger partial charge in [-0.15, -0.1) is 5.10 Å². The van der Waals surface area contributed by atoms with E-state index >= 15 is 0 Å². The van der Waals surface area contributed by atoms with Gasteiger partial charge in [0.2, 0.25) is 0 Å². The highest BCUT2D eigenvalue weighted by Gasteiger charge is 2.21. The van der Waals surface area contributed by atoms with Crippen LogP contribution in [0.2, 0.25) is 0 Å². The molecule has 0 amide bonds. The normalized spacial score (nSPS) is 10.4. The lowest BCUT2D eigenvalue weighted by atomic mass is 10.1. The van der Waals surface area contributed by atoms with Crippen LogP contribution in [0.4, 0.5) is 5.69 Å². The zero-order chi connectivity index (χ0) is 16.3. The maximum Gasteiger partial charge on any atom is 0.358 e. The van der Waals surface area contributed by atoms with Gasteiger partial charge < -0.3 is 10.2 Å². The molecule has 0 aliphatic carbocycles. The molecule has 0 unspecified atom stereocenters. The minimum atomic E-state index is -1.32. The van der Waals surface area contributed by atoms with Gasteiger partial charge in [-0.1, -0.05) is 5.21 Å². The second-order valence-electron chi connectivity index (χ2n) is 4.26. The van der Waals surface area contributed by atoms with E-state index in [9.17, 15) is 19.7 Å². The first-order valence-electron chi connectivity index (χ1n) is 6.03. The van der Waals surface area contributed by atoms with Crippen molar-refractivity contribution in [1.82, 2.24) is 15.0 Å². The Morgan fingerprint density at radius 1 is 1.23 bits per heavy atom. The Balaban J connectivity index is 2.46. The molecule has 1 aromatic heterocycles. The number of carboxylic acid groups (broad SMARTS) is 2. The van der Waals surface area contributed by atoms with Gasteiger partial charge in [-0.2, -0.15) is 0 Å². The summed E-state index contributed by atoms with van der Waals surface area (Å²) < 4.78 is 1.15. The van der Waals surface area contributed by atoms with Crippen molar-refractivity contribution in [2.24, 2.45) is 0 Å². The molecule has 2 rings (SSSR count). The van der Waals surface area contributed by atoms with E-state index in [-0.39, 0.29) is 30.0 Å². The third kappa shape index (κ3) is 3.06. The Labute approximate surface area is 122 Å². The van der Waals surface area contributed by atoms with Crippen LogP contribution in [-0.4, -0.2) is 42.1 Å². The molecule has 2 aromatic rings. The van der Waals surface area contributed by atoms with Crippen LogP contribution < -0.4 is 0 Å². The summed E-state index contributed by atoms with van der Waals surface area (Å²) in [6.45, 7) is -0.0675. The summed E-state index contributed by atoms with van der Waals surface area (Å²) in [5, 5.41) is 35.6. The first kappa shape index (κ1) is 15.1. The Morgan fingerprint density at radius 3 is 2.36 bits per heavy atom. The molecule has 0 bridgehead atoms. The van der Waals surface area contributed by atoms with Gasteiger partial charge in [0.25, 0.3) is 5.69 Å². The first-order valence-corrected chi connectivity index (χ1v) is 6.03. The summed E-state index contributed by atoms with van der Waals surface area (Å²) in [6, 6.07) is 5.16. The Kier molecular flexibility index (Phi) is 4.11. The third-order valence-corrected chi connectivity index (χ3v) is 2.83. The standard InChI is InChI=1S/C12H10N4O6/c17-9(18)5-6-15-11(10(12(19)20)13-14-15)7-1-3-8(4-2-7)16(21)22/h1-4H,5-6H2,(H,17,18)(H,19,20). The molecule has 22 heavy (non-hydrogen) atoms. The first-order chi connectivity index (χ1) is 10.4. The number of non-ortho nitro benzene ring substituents is 1. The summed E-state index contributed by atoms with van der Waals surface area (Å²) in [5.41, 5.74) is -0.0496. The van der Waals surface area contributed by atoms with Crippen LogP contribution in [0.1, 0.15) is 16.9 Å². The monoisotopic (exact) mass is 306 g/mol. The number of aryl methyl sites for hydroxylation is 1. The highest BCUT2D eigenvalue weighted by Crippen LogP contribution is 2.25. The molecule has 0 radical (unpaired) electrons. The molecule has 0 aliphatic heterocycles. The van der Waals surface area contributed by atoms with Crippen molar-refractivity contribution in [2.45, 2.75) is 13.0 Å². The van der Waals surface area contributed by atoms with Gasteiger partial charge in [-0.3, -0.25) is 14.9 Å². The van der Waals surface area contributed by atoms with E-state index in [0.29, 0.717) is 5.56 Å². The number of aliphatic carboxylic acids is 1. The quantitative estimate of drug-likeness (QED) is 0.593. The zero-order valence-electron chi connectivity index (χ0n) is 11.0. The average molecular weight is 306 g/mol. The van der Waals surface area contributed by atoms with E-state index in [2.05, 4.69) is 10.3 Å². The van der Waals surface area contributed by atoms with Gasteiger partial charge in [0.15, 0.2) is 5.69 Å². The number of aromatic carboxylic acids is 1. The molecule has 1 aromatic carbocycles. The van der Waals surface area contributed by atoms with Gasteiger partial charge in [0.05, 0.1) is 17.9 Å². The number of nitrogens with zero attached hydrogens (tertiary/aromatic N) is 4. The number of hydrogen-bond acceptors (Lipinski definition) is 6. The minimum Gasteiger partial charge on any atom is -0.481 e. The lowest BCUT2D eigenvalue weighted by Crippen LogP contribution is -2.08. The van der Waals surface area contributed by atoms with Crippen LogP contribution in [0.5, 0.6) is 0 Å². The van der Waals surface area contributed by atoms with Crippen LogP contribution in [0.3, 0.4) is 0 Å². The Morgan fingerprint density at radius 2 is 1.86 bits per heavy atom. The summed E-state index contributed by atoms with van der Waals surface area (Å²) >= 11 is 0. The smallest absolute Gasteiger partial charge is 0.358 e. The topological polar surface area (TPSA) is 148 Å². The maximum absolute atomic E-state index is 11.2. The fourth-order valence-electron chi connectivity index (χ4n) is 1.84. The molecule has 0 atom stereocenters. The third-order valence-electron chi connectivity index (χ3n) is 2.83. The second-order valence-corrected chi connectivity index (χ2v) is 4.26. The Hall–Kier alpha value is -3.30. The van der Waals surface area contributed by atoms with Crippen LogP contribution in [0.25, 0.3) is 11.3 Å². The number of benzene rings is 1. The predicted octanol–water partition coefficient (Wildman–Crippen LogP) is 1.03. The molecule has 0 saturated carbocycles. The summed E-state index contributed by atoms with van der Waals surface area (Å²) in [4.78, 5) is 31.9. The number of carboxylic acids is 2. The number of hydrogen-bond donors (Lipinski definition) is 2. The number of aromatic nitrogens is 3. The fraction of sp³-hybridized carbons (Fsp3) is 0.167. The van der Waals surface area contributed by atoms with E-state index in [1.54, 1.807) is 0 Å². The van der Waals surface area contributed by atoms with E-state index < -0.39 is 16.9 Å². The van der Waals surface area contributed by atoms with Gasteiger partial charge in [-0.05, 0) is 12.1 Å². The highest BCUT2D eigenvalue weighted by atomic mass is 16.6. The lowest BCUT2D eigenvalue weighted by Gasteiger charge is -2.06. The van der Waals surface area contributed by atoms with Gasteiger partial charge >= 0.3 is 11.9 Å². The lowest BCUT2D eigenvalue weighted by molar-refractivity contribution is -0.384. The minimum absolute atomic E-state index is 0.0675. The van der Waals surface area contributed by atoms with Gasteiger partial charge in [-0.25, -0.2) is 9.48 Å². The van der Waals surface area contributed by atoms with Gasteiger partial charge in [0, 0.05) is 17.7 Å². The summed E-state index contributed by atoms with van der Waals surface area (Å²) in [5.74, 6) is -2.39. The molecule has 1 heterocycles. The molecule has 10 nitrogen and oxygen atoms in total. The summed E-state index contributed by atoms with van der Waals surface area (Å²) in [6.07, 6.45) is -0.262. The molecule has 114 valence electrons. The molecule has 0 saturated heterocycles. The SMILES string of the molecule is O=C(O)CCn1nnc(C(=O)O)c1-c1ccc([N+](=O)[O-])cc1. The van der Waals surface area contributed by atoms with E-state index in [4.69, 9.17) is 10.2 Å². The van der Waals surface area contributed by atoms with Crippen molar-refractivity contribution in [3.63, 3.8) is 0 Å².